The Hall–Kier alpha value is -2.69. The molecular formula is C18H19N3O2. The highest BCUT2D eigenvalue weighted by molar-refractivity contribution is 6.09. The number of hydrogen-bond acceptors (Lipinski definition) is 4. The Morgan fingerprint density at radius 1 is 1.04 bits per heavy atom. The normalized spacial score (nSPS) is 14.7. The van der Waals surface area contributed by atoms with Crippen molar-refractivity contribution in [2.45, 2.75) is 6.92 Å². The minimum Gasteiger partial charge on any atom is -0.353 e. The first-order valence-corrected chi connectivity index (χ1v) is 7.71. The van der Waals surface area contributed by atoms with Gasteiger partial charge in [0.1, 0.15) is 5.82 Å². The number of rotatable bonds is 4. The van der Waals surface area contributed by atoms with Crippen LogP contribution in [0, 0.1) is 6.92 Å². The average molecular weight is 309 g/mol. The van der Waals surface area contributed by atoms with Gasteiger partial charge in [-0.05, 0) is 19.1 Å². The molecule has 0 atom stereocenters. The number of hydrogen-bond donors (Lipinski definition) is 0. The third kappa shape index (κ3) is 3.23. The highest BCUT2D eigenvalue weighted by Crippen LogP contribution is 2.19. The van der Waals surface area contributed by atoms with Crippen molar-refractivity contribution >= 4 is 18.0 Å². The molecule has 0 aliphatic carbocycles. The van der Waals surface area contributed by atoms with Gasteiger partial charge >= 0.3 is 0 Å². The van der Waals surface area contributed by atoms with Crippen LogP contribution in [0.2, 0.25) is 0 Å². The Kier molecular flexibility index (Phi) is 4.37. The van der Waals surface area contributed by atoms with Crippen molar-refractivity contribution in [1.29, 1.82) is 0 Å². The number of ketones is 1. The van der Waals surface area contributed by atoms with Gasteiger partial charge in [-0.25, -0.2) is 4.98 Å². The average Bonchev–Trinajstić information content (AvgIpc) is 2.62. The molecule has 1 aliphatic heterocycles. The van der Waals surface area contributed by atoms with E-state index in [0.29, 0.717) is 24.2 Å². The van der Waals surface area contributed by atoms with Crippen LogP contribution in [0.25, 0.3) is 0 Å². The topological polar surface area (TPSA) is 53.5 Å². The number of benzene rings is 1. The standard InChI is InChI=1S/C18H19N3O2/c1-14-16(18(23)15-5-3-2-4-6-15)7-8-17(19-14)21-11-9-20(13-22)10-12-21/h2-8,13H,9-12H2,1H3. The lowest BCUT2D eigenvalue weighted by molar-refractivity contribution is -0.118. The van der Waals surface area contributed by atoms with Crippen LogP contribution in [0.5, 0.6) is 0 Å². The summed E-state index contributed by atoms with van der Waals surface area (Å²) in [6.07, 6.45) is 0.887. The number of amides is 1. The van der Waals surface area contributed by atoms with E-state index >= 15 is 0 Å². The molecule has 0 N–H and O–H groups in total. The minimum atomic E-state index is -0.00655. The summed E-state index contributed by atoms with van der Waals surface area (Å²) in [7, 11) is 0. The lowest BCUT2D eigenvalue weighted by Gasteiger charge is -2.33. The van der Waals surface area contributed by atoms with Crippen LogP contribution in [0.4, 0.5) is 5.82 Å². The van der Waals surface area contributed by atoms with Gasteiger partial charge in [0.25, 0.3) is 0 Å². The predicted octanol–water partition coefficient (Wildman–Crippen LogP) is 1.90. The molecule has 2 heterocycles. The highest BCUT2D eigenvalue weighted by Gasteiger charge is 2.19. The Balaban J connectivity index is 1.79. The van der Waals surface area contributed by atoms with E-state index in [1.807, 2.05) is 49.4 Å². The Morgan fingerprint density at radius 2 is 1.74 bits per heavy atom. The largest absolute Gasteiger partial charge is 0.353 e. The molecule has 5 heteroatoms. The third-order valence-corrected chi connectivity index (χ3v) is 4.14. The summed E-state index contributed by atoms with van der Waals surface area (Å²) < 4.78 is 0. The summed E-state index contributed by atoms with van der Waals surface area (Å²) in [6, 6.07) is 13.0. The molecule has 0 bridgehead atoms. The number of aromatic nitrogens is 1. The van der Waals surface area contributed by atoms with Crippen molar-refractivity contribution in [3.63, 3.8) is 0 Å². The number of carbonyl (C=O) groups is 2. The number of carbonyl (C=O) groups excluding carboxylic acids is 2. The fraction of sp³-hybridized carbons (Fsp3) is 0.278. The van der Waals surface area contributed by atoms with Gasteiger partial charge in [0.2, 0.25) is 6.41 Å². The zero-order chi connectivity index (χ0) is 16.2. The fourth-order valence-corrected chi connectivity index (χ4v) is 2.77. The molecule has 1 saturated heterocycles. The van der Waals surface area contributed by atoms with Crippen LogP contribution in [0.3, 0.4) is 0 Å². The van der Waals surface area contributed by atoms with Gasteiger partial charge in [0.05, 0.1) is 5.69 Å². The van der Waals surface area contributed by atoms with E-state index < -0.39 is 0 Å². The quantitative estimate of drug-likeness (QED) is 0.639. The number of anilines is 1. The van der Waals surface area contributed by atoms with E-state index in [1.54, 1.807) is 4.90 Å². The second-order valence-electron chi connectivity index (χ2n) is 5.63. The summed E-state index contributed by atoms with van der Waals surface area (Å²) in [5, 5.41) is 0. The second-order valence-corrected chi connectivity index (χ2v) is 5.63. The maximum atomic E-state index is 12.5. The Labute approximate surface area is 135 Å². The van der Waals surface area contributed by atoms with Gasteiger partial charge in [-0.1, -0.05) is 30.3 Å². The highest BCUT2D eigenvalue weighted by atomic mass is 16.1. The van der Waals surface area contributed by atoms with E-state index in [4.69, 9.17) is 0 Å². The molecule has 0 saturated carbocycles. The fourth-order valence-electron chi connectivity index (χ4n) is 2.77. The van der Waals surface area contributed by atoms with E-state index in [0.717, 1.165) is 31.0 Å². The first-order chi connectivity index (χ1) is 11.2. The zero-order valence-corrected chi connectivity index (χ0v) is 13.1. The lowest BCUT2D eigenvalue weighted by Crippen LogP contribution is -2.46. The maximum absolute atomic E-state index is 12.5. The molecule has 118 valence electrons. The van der Waals surface area contributed by atoms with Crippen molar-refractivity contribution in [2.75, 3.05) is 31.1 Å². The Bertz CT molecular complexity index is 707. The van der Waals surface area contributed by atoms with Crippen LogP contribution in [0.15, 0.2) is 42.5 Å². The van der Waals surface area contributed by atoms with Crippen LogP contribution < -0.4 is 4.90 Å². The van der Waals surface area contributed by atoms with Gasteiger partial charge in [-0.15, -0.1) is 0 Å². The molecule has 1 aliphatic rings. The minimum absolute atomic E-state index is 0.00655. The maximum Gasteiger partial charge on any atom is 0.209 e. The second kappa shape index (κ2) is 6.60. The summed E-state index contributed by atoms with van der Waals surface area (Å²) >= 11 is 0. The number of aryl methyl sites for hydroxylation is 1. The number of nitrogens with zero attached hydrogens (tertiary/aromatic N) is 3. The SMILES string of the molecule is Cc1nc(N2CCN(C=O)CC2)ccc1C(=O)c1ccccc1. The third-order valence-electron chi connectivity index (χ3n) is 4.14. The first kappa shape index (κ1) is 15.2. The van der Waals surface area contributed by atoms with Crippen molar-refractivity contribution in [1.82, 2.24) is 9.88 Å². The van der Waals surface area contributed by atoms with E-state index in [1.165, 1.54) is 0 Å². The van der Waals surface area contributed by atoms with Crippen molar-refractivity contribution in [3.8, 4) is 0 Å². The van der Waals surface area contributed by atoms with Crippen LogP contribution in [-0.4, -0.2) is 48.3 Å². The van der Waals surface area contributed by atoms with Crippen LogP contribution in [-0.2, 0) is 4.79 Å². The van der Waals surface area contributed by atoms with Gasteiger partial charge in [-0.2, -0.15) is 0 Å². The lowest BCUT2D eigenvalue weighted by atomic mass is 10.0. The first-order valence-electron chi connectivity index (χ1n) is 7.71. The van der Waals surface area contributed by atoms with Gasteiger partial charge in [-0.3, -0.25) is 9.59 Å². The van der Waals surface area contributed by atoms with Gasteiger partial charge in [0.15, 0.2) is 5.78 Å². The molecule has 0 radical (unpaired) electrons. The predicted molar refractivity (Wildman–Crippen MR) is 88.7 cm³/mol. The van der Waals surface area contributed by atoms with E-state index in [9.17, 15) is 9.59 Å². The molecule has 3 rings (SSSR count). The van der Waals surface area contributed by atoms with Crippen molar-refractivity contribution in [3.05, 3.63) is 59.3 Å². The number of piperazine rings is 1. The van der Waals surface area contributed by atoms with Gasteiger partial charge < -0.3 is 9.80 Å². The summed E-state index contributed by atoms with van der Waals surface area (Å²) in [6.45, 7) is 4.79. The van der Waals surface area contributed by atoms with E-state index in [2.05, 4.69) is 9.88 Å². The molecule has 1 amide bonds. The molecule has 1 aromatic heterocycles. The smallest absolute Gasteiger partial charge is 0.209 e. The molecule has 2 aromatic rings. The number of pyridine rings is 1. The molecule has 23 heavy (non-hydrogen) atoms. The van der Waals surface area contributed by atoms with Crippen LogP contribution >= 0.6 is 0 Å². The summed E-state index contributed by atoms with van der Waals surface area (Å²) in [4.78, 5) is 31.8. The van der Waals surface area contributed by atoms with Crippen molar-refractivity contribution < 1.29 is 9.59 Å². The molecule has 0 spiro atoms. The monoisotopic (exact) mass is 309 g/mol. The zero-order valence-electron chi connectivity index (χ0n) is 13.1. The molecule has 1 fully saturated rings. The summed E-state index contributed by atoms with van der Waals surface area (Å²) in [5.41, 5.74) is 2.03. The summed E-state index contributed by atoms with van der Waals surface area (Å²) in [5.74, 6) is 0.852. The van der Waals surface area contributed by atoms with Crippen LogP contribution in [0.1, 0.15) is 21.6 Å². The van der Waals surface area contributed by atoms with E-state index in [-0.39, 0.29) is 5.78 Å². The molecule has 1 aromatic carbocycles. The molecule has 0 unspecified atom stereocenters. The molecular weight excluding hydrogens is 290 g/mol. The molecule has 5 nitrogen and oxygen atoms in total. The van der Waals surface area contributed by atoms with Gasteiger partial charge in [0, 0.05) is 37.3 Å². The van der Waals surface area contributed by atoms with Crippen molar-refractivity contribution in [2.24, 2.45) is 0 Å². The Morgan fingerprint density at radius 3 is 2.35 bits per heavy atom.